The predicted octanol–water partition coefficient (Wildman–Crippen LogP) is 0.424. The molecule has 0 saturated carbocycles. The van der Waals surface area contributed by atoms with Crippen molar-refractivity contribution in [3.05, 3.63) is 62.5 Å². The van der Waals surface area contributed by atoms with Gasteiger partial charge in [-0.05, 0) is 12.1 Å². The molecule has 3 rings (SSSR count). The lowest BCUT2D eigenvalue weighted by Gasteiger charge is -2.04. The molecule has 21 heavy (non-hydrogen) atoms. The van der Waals surface area contributed by atoms with Gasteiger partial charge in [0.25, 0.3) is 11.1 Å². The van der Waals surface area contributed by atoms with Gasteiger partial charge in [0.2, 0.25) is 0 Å². The Hall–Kier alpha value is -3.16. The molecule has 0 amide bonds. The molecule has 106 valence electrons. The molecule has 1 aromatic carbocycles. The van der Waals surface area contributed by atoms with E-state index < -0.39 is 17.1 Å². The lowest BCUT2D eigenvalue weighted by molar-refractivity contribution is 0.0685. The van der Waals surface area contributed by atoms with E-state index in [1.807, 2.05) is 0 Å². The number of hydrogen-bond donors (Lipinski definition) is 2. The van der Waals surface area contributed by atoms with Crippen LogP contribution >= 0.6 is 0 Å². The van der Waals surface area contributed by atoms with Gasteiger partial charge in [0.05, 0.1) is 10.8 Å². The number of fused-ring (bicyclic) bond motifs is 1. The van der Waals surface area contributed by atoms with E-state index in [1.54, 1.807) is 24.3 Å². The molecule has 2 heterocycles. The van der Waals surface area contributed by atoms with E-state index in [9.17, 15) is 14.4 Å². The molecular formula is C13H9N3O5. The molecule has 0 atom stereocenters. The Morgan fingerprint density at radius 2 is 2.00 bits per heavy atom. The maximum atomic E-state index is 12.2. The van der Waals surface area contributed by atoms with Crippen LogP contribution in [0.3, 0.4) is 0 Å². The Bertz CT molecular complexity index is 950. The highest BCUT2D eigenvalue weighted by atomic mass is 16.5. The minimum Gasteiger partial charge on any atom is -0.476 e. The van der Waals surface area contributed by atoms with Crippen molar-refractivity contribution < 1.29 is 14.4 Å². The third-order valence-electron chi connectivity index (χ3n) is 2.98. The Morgan fingerprint density at radius 3 is 2.67 bits per heavy atom. The highest BCUT2D eigenvalue weighted by Crippen LogP contribution is 2.06. The first-order chi connectivity index (χ1) is 10.1. The van der Waals surface area contributed by atoms with E-state index in [1.165, 1.54) is 6.07 Å². The van der Waals surface area contributed by atoms with E-state index in [0.29, 0.717) is 5.39 Å². The zero-order chi connectivity index (χ0) is 15.0. The molecular weight excluding hydrogens is 278 g/mol. The molecule has 8 heteroatoms. The number of nitrogens with zero attached hydrogens (tertiary/aromatic N) is 2. The highest BCUT2D eigenvalue weighted by Gasteiger charge is 2.13. The summed E-state index contributed by atoms with van der Waals surface area (Å²) in [6.45, 7) is -0.112. The summed E-state index contributed by atoms with van der Waals surface area (Å²) >= 11 is 0. The number of nitrogens with one attached hydrogen (secondary N) is 1. The fourth-order valence-electron chi connectivity index (χ4n) is 2.00. The van der Waals surface area contributed by atoms with E-state index >= 15 is 0 Å². The average molecular weight is 287 g/mol. The molecule has 0 spiro atoms. The van der Waals surface area contributed by atoms with E-state index in [0.717, 1.165) is 4.68 Å². The number of aromatic carboxylic acids is 1. The number of carbonyl (C=O) groups is 1. The topological polar surface area (TPSA) is 118 Å². The average Bonchev–Trinajstić information content (AvgIpc) is 2.93. The second-order valence-corrected chi connectivity index (χ2v) is 4.36. The quantitative estimate of drug-likeness (QED) is 0.721. The number of aromatic nitrogens is 3. The molecule has 0 fully saturated rings. The number of carboxylic acid groups (broad SMARTS) is 1. The Balaban J connectivity index is 2.08. The first kappa shape index (κ1) is 12.9. The van der Waals surface area contributed by atoms with Gasteiger partial charge in [0.1, 0.15) is 6.54 Å². The third kappa shape index (κ3) is 2.22. The largest absolute Gasteiger partial charge is 0.476 e. The van der Waals surface area contributed by atoms with Gasteiger partial charge in [-0.15, -0.1) is 0 Å². The minimum atomic E-state index is -1.23. The number of H-pyrrole nitrogens is 1. The smallest absolute Gasteiger partial charge is 0.358 e. The summed E-state index contributed by atoms with van der Waals surface area (Å²) in [5.41, 5.74) is -1.08. The van der Waals surface area contributed by atoms with Crippen LogP contribution < -0.4 is 11.1 Å². The fourth-order valence-corrected chi connectivity index (χ4v) is 2.00. The summed E-state index contributed by atoms with van der Waals surface area (Å²) < 4.78 is 5.88. The molecule has 0 aliphatic heterocycles. The van der Waals surface area contributed by atoms with Gasteiger partial charge < -0.3 is 9.63 Å². The SMILES string of the molecule is O=C(O)c1cc(Cn2[nH]c(=O)c3ccccc3c2=O)on1. The molecule has 2 N–H and O–H groups in total. The van der Waals surface area contributed by atoms with Crippen molar-refractivity contribution in [3.8, 4) is 0 Å². The molecule has 2 aromatic heterocycles. The van der Waals surface area contributed by atoms with Crippen LogP contribution in [0.25, 0.3) is 10.8 Å². The van der Waals surface area contributed by atoms with Crippen LogP contribution in [0.1, 0.15) is 16.2 Å². The zero-order valence-electron chi connectivity index (χ0n) is 10.6. The van der Waals surface area contributed by atoms with Crippen molar-refractivity contribution in [1.82, 2.24) is 14.9 Å². The standard InChI is InChI=1S/C13H9N3O5/c17-11-8-3-1-2-4-9(8)12(18)16(14-11)6-7-5-10(13(19)20)15-21-7/h1-5H,6H2,(H,14,17)(H,19,20). The van der Waals surface area contributed by atoms with E-state index in [4.69, 9.17) is 9.63 Å². The lowest BCUT2D eigenvalue weighted by atomic mass is 10.2. The van der Waals surface area contributed by atoms with Gasteiger partial charge in [-0.3, -0.25) is 14.7 Å². The van der Waals surface area contributed by atoms with Crippen LogP contribution in [0.15, 0.2) is 44.4 Å². The molecule has 3 aromatic rings. The highest BCUT2D eigenvalue weighted by molar-refractivity contribution is 5.85. The van der Waals surface area contributed by atoms with Gasteiger partial charge >= 0.3 is 5.97 Å². The van der Waals surface area contributed by atoms with Crippen LogP contribution in [0.2, 0.25) is 0 Å². The van der Waals surface area contributed by atoms with Crippen LogP contribution in [-0.4, -0.2) is 26.0 Å². The summed E-state index contributed by atoms with van der Waals surface area (Å²) in [7, 11) is 0. The summed E-state index contributed by atoms with van der Waals surface area (Å²) in [5.74, 6) is -1.08. The molecule has 0 saturated heterocycles. The number of rotatable bonds is 3. The van der Waals surface area contributed by atoms with Gasteiger partial charge in [-0.25, -0.2) is 9.48 Å². The Morgan fingerprint density at radius 1 is 1.29 bits per heavy atom. The van der Waals surface area contributed by atoms with Gasteiger partial charge in [-0.2, -0.15) is 0 Å². The molecule has 0 radical (unpaired) electrons. The molecule has 0 aliphatic carbocycles. The fraction of sp³-hybridized carbons (Fsp3) is 0.0769. The van der Waals surface area contributed by atoms with Gasteiger partial charge in [0.15, 0.2) is 11.5 Å². The molecule has 0 bridgehead atoms. The number of aromatic amines is 1. The maximum Gasteiger partial charge on any atom is 0.358 e. The summed E-state index contributed by atoms with van der Waals surface area (Å²) in [5, 5.41) is 15.1. The van der Waals surface area contributed by atoms with Crippen molar-refractivity contribution in [2.75, 3.05) is 0 Å². The minimum absolute atomic E-state index is 0.112. The Kier molecular flexibility index (Phi) is 2.90. The van der Waals surface area contributed by atoms with Gasteiger partial charge in [-0.1, -0.05) is 17.3 Å². The van der Waals surface area contributed by atoms with Crippen molar-refractivity contribution in [2.45, 2.75) is 6.54 Å². The van der Waals surface area contributed by atoms with Crippen LogP contribution in [-0.2, 0) is 6.54 Å². The molecule has 0 aliphatic rings. The van der Waals surface area contributed by atoms with Crippen molar-refractivity contribution >= 4 is 16.7 Å². The Labute approximate surface area is 116 Å². The second-order valence-electron chi connectivity index (χ2n) is 4.36. The van der Waals surface area contributed by atoms with Crippen molar-refractivity contribution in [2.24, 2.45) is 0 Å². The van der Waals surface area contributed by atoms with Crippen LogP contribution in [0.5, 0.6) is 0 Å². The normalized spacial score (nSPS) is 10.9. The number of benzene rings is 1. The lowest BCUT2D eigenvalue weighted by Crippen LogP contribution is -2.30. The summed E-state index contributed by atoms with van der Waals surface area (Å²) in [6, 6.07) is 7.62. The number of carboxylic acids is 1. The summed E-state index contributed by atoms with van der Waals surface area (Å²) in [4.78, 5) is 34.9. The number of hydrogen-bond acceptors (Lipinski definition) is 5. The predicted molar refractivity (Wildman–Crippen MR) is 71.4 cm³/mol. The summed E-state index contributed by atoms with van der Waals surface area (Å²) in [6.07, 6.45) is 0. The maximum absolute atomic E-state index is 12.2. The first-order valence-corrected chi connectivity index (χ1v) is 5.97. The van der Waals surface area contributed by atoms with Crippen molar-refractivity contribution in [3.63, 3.8) is 0 Å². The monoisotopic (exact) mass is 287 g/mol. The van der Waals surface area contributed by atoms with Gasteiger partial charge in [0, 0.05) is 6.07 Å². The molecule has 0 unspecified atom stereocenters. The first-order valence-electron chi connectivity index (χ1n) is 5.97. The molecule has 8 nitrogen and oxygen atoms in total. The zero-order valence-corrected chi connectivity index (χ0v) is 10.6. The van der Waals surface area contributed by atoms with Crippen molar-refractivity contribution in [1.29, 1.82) is 0 Å². The third-order valence-corrected chi connectivity index (χ3v) is 2.98. The van der Waals surface area contributed by atoms with E-state index in [2.05, 4.69) is 10.3 Å². The second kappa shape index (κ2) is 4.75. The van der Waals surface area contributed by atoms with E-state index in [-0.39, 0.29) is 23.4 Å². The van der Waals surface area contributed by atoms with Crippen LogP contribution in [0.4, 0.5) is 0 Å². The van der Waals surface area contributed by atoms with Crippen LogP contribution in [0, 0.1) is 0 Å².